The summed E-state index contributed by atoms with van der Waals surface area (Å²) in [6, 6.07) is 4.04. The van der Waals surface area contributed by atoms with Crippen molar-refractivity contribution < 1.29 is 9.47 Å². The Morgan fingerprint density at radius 1 is 1.42 bits per heavy atom. The molecule has 66 valence electrons. The van der Waals surface area contributed by atoms with E-state index in [9.17, 15) is 0 Å². The summed E-state index contributed by atoms with van der Waals surface area (Å²) in [4.78, 5) is 1.12. The molecular weight excluding hydrogens is 240 g/mol. The minimum atomic E-state index is -0.503. The van der Waals surface area contributed by atoms with Crippen molar-refractivity contribution in [2.45, 2.75) is 12.7 Å². The van der Waals surface area contributed by atoms with Gasteiger partial charge in [0.05, 0.1) is 21.9 Å². The fourth-order valence-electron chi connectivity index (χ4n) is 1.22. The van der Waals surface area contributed by atoms with Crippen molar-refractivity contribution in [1.29, 1.82) is 0 Å². The molecule has 2 nitrogen and oxygen atoms in total. The molecule has 2 heterocycles. The number of hydrogen-bond donors (Lipinski definition) is 0. The second-order valence-electron chi connectivity index (χ2n) is 2.75. The Morgan fingerprint density at radius 3 is 2.58 bits per heavy atom. The quantitative estimate of drug-likeness (QED) is 0.761. The van der Waals surface area contributed by atoms with Crippen molar-refractivity contribution >= 4 is 27.3 Å². The van der Waals surface area contributed by atoms with Gasteiger partial charge in [-0.3, -0.25) is 0 Å². The summed E-state index contributed by atoms with van der Waals surface area (Å²) in [5.41, 5.74) is 0. The minimum absolute atomic E-state index is 0.503. The van der Waals surface area contributed by atoms with Crippen molar-refractivity contribution in [3.05, 3.63) is 20.8 Å². The lowest BCUT2D eigenvalue weighted by Gasteiger charge is -2.19. The van der Waals surface area contributed by atoms with Gasteiger partial charge in [-0.05, 0) is 35.0 Å². The Balaban J connectivity index is 2.28. The third kappa shape index (κ3) is 1.44. The second-order valence-corrected chi connectivity index (χ2v) is 5.21. The molecule has 1 aromatic rings. The molecule has 0 aliphatic carbocycles. The van der Waals surface area contributed by atoms with Crippen molar-refractivity contribution in [1.82, 2.24) is 0 Å². The van der Waals surface area contributed by atoms with Crippen LogP contribution in [0, 0.1) is 0 Å². The molecular formula is C8H9BrO2S. The maximum atomic E-state index is 5.51. The number of hydrogen-bond acceptors (Lipinski definition) is 3. The van der Waals surface area contributed by atoms with Crippen LogP contribution in [0.2, 0.25) is 0 Å². The maximum Gasteiger partial charge on any atom is 0.201 e. The van der Waals surface area contributed by atoms with E-state index in [0.717, 1.165) is 8.66 Å². The monoisotopic (exact) mass is 248 g/mol. The normalized spacial score (nSPS) is 21.5. The van der Waals surface area contributed by atoms with Crippen LogP contribution in [0.3, 0.4) is 0 Å². The molecule has 0 bridgehead atoms. The molecule has 0 radical (unpaired) electrons. The van der Waals surface area contributed by atoms with E-state index in [1.54, 1.807) is 11.3 Å². The fraction of sp³-hybridized carbons (Fsp3) is 0.500. The summed E-state index contributed by atoms with van der Waals surface area (Å²) in [5, 5.41) is 0. The molecule has 0 unspecified atom stereocenters. The first kappa shape index (κ1) is 8.69. The van der Waals surface area contributed by atoms with Gasteiger partial charge in [-0.2, -0.15) is 0 Å². The lowest BCUT2D eigenvalue weighted by molar-refractivity contribution is -0.146. The molecule has 0 amide bonds. The van der Waals surface area contributed by atoms with Crippen LogP contribution < -0.4 is 0 Å². The van der Waals surface area contributed by atoms with Crippen molar-refractivity contribution in [2.24, 2.45) is 0 Å². The van der Waals surface area contributed by atoms with E-state index in [0.29, 0.717) is 13.2 Å². The van der Waals surface area contributed by atoms with Crippen LogP contribution in [0.4, 0.5) is 0 Å². The number of thiophene rings is 1. The highest BCUT2D eigenvalue weighted by atomic mass is 79.9. The third-order valence-electron chi connectivity index (χ3n) is 1.86. The van der Waals surface area contributed by atoms with E-state index in [2.05, 4.69) is 15.9 Å². The molecule has 0 spiro atoms. The Morgan fingerprint density at radius 2 is 2.08 bits per heavy atom. The Labute approximate surface area is 83.6 Å². The standard InChI is InChI=1S/C8H9BrO2S/c1-8(10-4-5-11-8)6-2-3-7(9)12-6/h2-3H,4-5H2,1H3. The summed E-state index contributed by atoms with van der Waals surface area (Å²) in [5.74, 6) is -0.503. The zero-order valence-electron chi connectivity index (χ0n) is 6.67. The van der Waals surface area contributed by atoms with E-state index in [4.69, 9.17) is 9.47 Å². The highest BCUT2D eigenvalue weighted by Crippen LogP contribution is 2.36. The van der Waals surface area contributed by atoms with Gasteiger partial charge in [0, 0.05) is 0 Å². The second kappa shape index (κ2) is 3.10. The van der Waals surface area contributed by atoms with Gasteiger partial charge in [0.1, 0.15) is 0 Å². The lowest BCUT2D eigenvalue weighted by atomic mass is 10.3. The Bertz CT molecular complexity index is 278. The highest BCUT2D eigenvalue weighted by molar-refractivity contribution is 9.11. The molecule has 2 rings (SSSR count). The van der Waals surface area contributed by atoms with E-state index in [-0.39, 0.29) is 0 Å². The molecule has 12 heavy (non-hydrogen) atoms. The molecule has 4 heteroatoms. The predicted molar refractivity (Wildman–Crippen MR) is 51.3 cm³/mol. The summed E-state index contributed by atoms with van der Waals surface area (Å²) in [7, 11) is 0. The average Bonchev–Trinajstić information content (AvgIpc) is 2.59. The SMILES string of the molecule is CC1(c2ccc(Br)s2)OCCO1. The Kier molecular flexibility index (Phi) is 2.25. The fourth-order valence-corrected chi connectivity index (χ4v) is 2.66. The van der Waals surface area contributed by atoms with E-state index < -0.39 is 5.79 Å². The summed E-state index contributed by atoms with van der Waals surface area (Å²) < 4.78 is 12.1. The van der Waals surface area contributed by atoms with Gasteiger partial charge in [0.2, 0.25) is 5.79 Å². The molecule has 1 aromatic heterocycles. The smallest absolute Gasteiger partial charge is 0.201 e. The molecule has 0 N–H and O–H groups in total. The van der Waals surface area contributed by atoms with E-state index >= 15 is 0 Å². The molecule has 0 atom stereocenters. The minimum Gasteiger partial charge on any atom is -0.343 e. The van der Waals surface area contributed by atoms with Crippen LogP contribution in [0.1, 0.15) is 11.8 Å². The topological polar surface area (TPSA) is 18.5 Å². The molecule has 1 saturated heterocycles. The molecule has 1 fully saturated rings. The molecule has 1 aliphatic heterocycles. The van der Waals surface area contributed by atoms with Crippen LogP contribution in [0.15, 0.2) is 15.9 Å². The first-order chi connectivity index (χ1) is 5.71. The van der Waals surface area contributed by atoms with Gasteiger partial charge in [0.25, 0.3) is 0 Å². The zero-order chi connectivity index (χ0) is 8.60. The van der Waals surface area contributed by atoms with E-state index in [1.165, 1.54) is 0 Å². The van der Waals surface area contributed by atoms with Crippen LogP contribution in [-0.4, -0.2) is 13.2 Å². The third-order valence-corrected chi connectivity index (χ3v) is 3.67. The van der Waals surface area contributed by atoms with Gasteiger partial charge in [-0.25, -0.2) is 0 Å². The lowest BCUT2D eigenvalue weighted by Crippen LogP contribution is -2.20. The maximum absolute atomic E-state index is 5.51. The van der Waals surface area contributed by atoms with Crippen LogP contribution >= 0.6 is 27.3 Å². The average molecular weight is 249 g/mol. The number of ether oxygens (including phenoxy) is 2. The zero-order valence-corrected chi connectivity index (χ0v) is 9.07. The van der Waals surface area contributed by atoms with E-state index in [1.807, 2.05) is 19.1 Å². The van der Waals surface area contributed by atoms with Gasteiger partial charge in [-0.15, -0.1) is 11.3 Å². The summed E-state index contributed by atoms with van der Waals surface area (Å²) >= 11 is 5.06. The Hall–Kier alpha value is 0.1000. The number of rotatable bonds is 1. The van der Waals surface area contributed by atoms with Crippen LogP contribution in [0.5, 0.6) is 0 Å². The van der Waals surface area contributed by atoms with Crippen molar-refractivity contribution in [2.75, 3.05) is 13.2 Å². The first-order valence-electron chi connectivity index (χ1n) is 3.74. The largest absolute Gasteiger partial charge is 0.343 e. The van der Waals surface area contributed by atoms with Gasteiger partial charge >= 0.3 is 0 Å². The molecule has 0 saturated carbocycles. The number of halogens is 1. The summed E-state index contributed by atoms with van der Waals surface area (Å²) in [6.45, 7) is 3.33. The molecule has 0 aromatic carbocycles. The predicted octanol–water partition coefficient (Wildman–Crippen LogP) is 2.73. The van der Waals surface area contributed by atoms with Crippen LogP contribution in [0.25, 0.3) is 0 Å². The van der Waals surface area contributed by atoms with Gasteiger partial charge in [0.15, 0.2) is 0 Å². The highest BCUT2D eigenvalue weighted by Gasteiger charge is 2.34. The first-order valence-corrected chi connectivity index (χ1v) is 5.35. The molecule has 1 aliphatic rings. The van der Waals surface area contributed by atoms with Gasteiger partial charge < -0.3 is 9.47 Å². The summed E-state index contributed by atoms with van der Waals surface area (Å²) in [6.07, 6.45) is 0. The van der Waals surface area contributed by atoms with Crippen molar-refractivity contribution in [3.8, 4) is 0 Å². The van der Waals surface area contributed by atoms with Crippen molar-refractivity contribution in [3.63, 3.8) is 0 Å². The van der Waals surface area contributed by atoms with Crippen LogP contribution in [-0.2, 0) is 15.3 Å². The van der Waals surface area contributed by atoms with Gasteiger partial charge in [-0.1, -0.05) is 0 Å².